The molecule has 2 aromatic carbocycles. The number of nitrogens with zero attached hydrogens (tertiary/aromatic N) is 2. The Labute approximate surface area is 173 Å². The molecule has 0 atom stereocenters. The van der Waals surface area contributed by atoms with E-state index in [1.807, 2.05) is 6.07 Å². The van der Waals surface area contributed by atoms with Gasteiger partial charge >= 0.3 is 0 Å². The van der Waals surface area contributed by atoms with Crippen LogP contribution in [0.1, 0.15) is 51.5 Å². The van der Waals surface area contributed by atoms with Crippen LogP contribution in [-0.4, -0.2) is 21.7 Å². The van der Waals surface area contributed by atoms with E-state index < -0.39 is 0 Å². The smallest absolute Gasteiger partial charge is 0.162 e. The minimum absolute atomic E-state index is 0.128. The van der Waals surface area contributed by atoms with Crippen LogP contribution in [0.25, 0.3) is 22.5 Å². The Morgan fingerprint density at radius 2 is 1.55 bits per heavy atom. The molecule has 1 heterocycles. The van der Waals surface area contributed by atoms with Gasteiger partial charge in [0.15, 0.2) is 5.82 Å². The molecule has 4 nitrogen and oxygen atoms in total. The molecule has 0 aliphatic heterocycles. The summed E-state index contributed by atoms with van der Waals surface area (Å²) in [5.41, 5.74) is 4.03. The highest BCUT2D eigenvalue weighted by Crippen LogP contribution is 2.31. The summed E-state index contributed by atoms with van der Waals surface area (Å²) >= 11 is 0. The van der Waals surface area contributed by atoms with Gasteiger partial charge in [-0.25, -0.2) is 9.97 Å². The van der Waals surface area contributed by atoms with Crippen LogP contribution in [0.15, 0.2) is 54.9 Å². The third-order valence-corrected chi connectivity index (χ3v) is 4.98. The zero-order chi connectivity index (χ0) is 20.5. The molecule has 1 N–H and O–H groups in total. The summed E-state index contributed by atoms with van der Waals surface area (Å²) < 4.78 is 5.63. The maximum atomic E-state index is 10.3. The van der Waals surface area contributed by atoms with Gasteiger partial charge in [-0.15, -0.1) is 0 Å². The number of aromatic nitrogens is 2. The average Bonchev–Trinajstić information content (AvgIpc) is 2.75. The molecular formula is C25H30N2O2. The molecule has 29 heavy (non-hydrogen) atoms. The number of aryl methyl sites for hydroxylation is 1. The Hall–Kier alpha value is -2.88. The summed E-state index contributed by atoms with van der Waals surface area (Å²) in [4.78, 5) is 8.92. The van der Waals surface area contributed by atoms with Crippen molar-refractivity contribution < 1.29 is 9.84 Å². The van der Waals surface area contributed by atoms with E-state index in [0.29, 0.717) is 23.7 Å². The first-order valence-corrected chi connectivity index (χ1v) is 10.6. The van der Waals surface area contributed by atoms with Gasteiger partial charge in [0, 0.05) is 24.0 Å². The highest BCUT2D eigenvalue weighted by atomic mass is 16.5. The van der Waals surface area contributed by atoms with Crippen molar-refractivity contribution in [2.75, 3.05) is 6.61 Å². The molecule has 0 aliphatic rings. The van der Waals surface area contributed by atoms with Gasteiger partial charge in [0.2, 0.25) is 0 Å². The van der Waals surface area contributed by atoms with E-state index in [1.54, 1.807) is 24.5 Å². The van der Waals surface area contributed by atoms with Gasteiger partial charge in [-0.2, -0.15) is 0 Å². The lowest BCUT2D eigenvalue weighted by Gasteiger charge is -2.09. The highest BCUT2D eigenvalue weighted by Gasteiger charge is 2.09. The number of hydrogen-bond acceptors (Lipinski definition) is 4. The minimum Gasteiger partial charge on any atom is -0.507 e. The molecule has 3 rings (SSSR count). The van der Waals surface area contributed by atoms with E-state index in [1.165, 1.54) is 24.8 Å². The maximum absolute atomic E-state index is 10.3. The second kappa shape index (κ2) is 10.6. The fraction of sp³-hybridized carbons (Fsp3) is 0.360. The second-order valence-corrected chi connectivity index (χ2v) is 7.33. The Morgan fingerprint density at radius 1 is 0.828 bits per heavy atom. The normalized spacial score (nSPS) is 10.8. The fourth-order valence-corrected chi connectivity index (χ4v) is 3.18. The van der Waals surface area contributed by atoms with Crippen molar-refractivity contribution in [3.05, 3.63) is 60.4 Å². The van der Waals surface area contributed by atoms with Gasteiger partial charge in [-0.3, -0.25) is 0 Å². The number of phenols is 1. The number of unbranched alkanes of at least 4 members (excludes halogenated alkanes) is 3. The largest absolute Gasteiger partial charge is 0.507 e. The zero-order valence-corrected chi connectivity index (χ0v) is 17.4. The van der Waals surface area contributed by atoms with E-state index in [-0.39, 0.29) is 5.75 Å². The van der Waals surface area contributed by atoms with Crippen LogP contribution in [0.5, 0.6) is 11.5 Å². The van der Waals surface area contributed by atoms with Crippen LogP contribution in [-0.2, 0) is 6.42 Å². The van der Waals surface area contributed by atoms with E-state index in [0.717, 1.165) is 30.4 Å². The first-order chi connectivity index (χ1) is 14.2. The summed E-state index contributed by atoms with van der Waals surface area (Å²) in [6.07, 6.45) is 10.6. The van der Waals surface area contributed by atoms with E-state index in [2.05, 4.69) is 48.1 Å². The molecule has 3 aromatic rings. The third kappa shape index (κ3) is 5.80. The lowest BCUT2D eigenvalue weighted by atomic mass is 10.0. The molecular weight excluding hydrogens is 360 g/mol. The first kappa shape index (κ1) is 20.8. The molecule has 0 unspecified atom stereocenters. The van der Waals surface area contributed by atoms with Crippen molar-refractivity contribution in [1.29, 1.82) is 0 Å². The SMILES string of the molecule is CCCCCc1ccc(-c2cnc(-c3ccc(OCCCC)cc3O)nc2)cc1. The Bertz CT molecular complexity index is 890. The van der Waals surface area contributed by atoms with Gasteiger partial charge in [0.25, 0.3) is 0 Å². The van der Waals surface area contributed by atoms with Crippen LogP contribution < -0.4 is 4.74 Å². The van der Waals surface area contributed by atoms with Crippen LogP contribution in [0.3, 0.4) is 0 Å². The molecule has 0 bridgehead atoms. The quantitative estimate of drug-likeness (QED) is 0.405. The third-order valence-electron chi connectivity index (χ3n) is 4.98. The van der Waals surface area contributed by atoms with Gasteiger partial charge in [0.1, 0.15) is 11.5 Å². The van der Waals surface area contributed by atoms with Crippen LogP contribution in [0, 0.1) is 0 Å². The summed E-state index contributed by atoms with van der Waals surface area (Å²) in [5.74, 6) is 1.29. The molecule has 0 saturated carbocycles. The van der Waals surface area contributed by atoms with Crippen molar-refractivity contribution >= 4 is 0 Å². The van der Waals surface area contributed by atoms with Gasteiger partial charge in [0.05, 0.1) is 12.2 Å². The second-order valence-electron chi connectivity index (χ2n) is 7.33. The maximum Gasteiger partial charge on any atom is 0.162 e. The molecule has 152 valence electrons. The van der Waals surface area contributed by atoms with Crippen LogP contribution in [0.4, 0.5) is 0 Å². The topological polar surface area (TPSA) is 55.2 Å². The monoisotopic (exact) mass is 390 g/mol. The summed E-state index contributed by atoms with van der Waals surface area (Å²) in [5, 5.41) is 10.3. The molecule has 0 saturated heterocycles. The Balaban J connectivity index is 1.68. The minimum atomic E-state index is 0.128. The highest BCUT2D eigenvalue weighted by molar-refractivity contribution is 5.67. The molecule has 4 heteroatoms. The fourth-order valence-electron chi connectivity index (χ4n) is 3.18. The molecule has 0 fully saturated rings. The van der Waals surface area contributed by atoms with Crippen molar-refractivity contribution in [2.24, 2.45) is 0 Å². The van der Waals surface area contributed by atoms with Crippen molar-refractivity contribution in [2.45, 2.75) is 52.4 Å². The lowest BCUT2D eigenvalue weighted by molar-refractivity contribution is 0.307. The molecule has 0 amide bonds. The Morgan fingerprint density at radius 3 is 2.21 bits per heavy atom. The van der Waals surface area contributed by atoms with Crippen molar-refractivity contribution in [3.8, 4) is 34.0 Å². The van der Waals surface area contributed by atoms with E-state index >= 15 is 0 Å². The molecule has 0 radical (unpaired) electrons. The zero-order valence-electron chi connectivity index (χ0n) is 17.4. The molecule has 1 aromatic heterocycles. The number of rotatable bonds is 10. The van der Waals surface area contributed by atoms with Gasteiger partial charge in [-0.05, 0) is 42.5 Å². The predicted molar refractivity (Wildman–Crippen MR) is 118 cm³/mol. The summed E-state index contributed by atoms with van der Waals surface area (Å²) in [6, 6.07) is 13.9. The average molecular weight is 391 g/mol. The predicted octanol–water partition coefficient (Wildman–Crippen LogP) is 6.43. The summed E-state index contributed by atoms with van der Waals surface area (Å²) in [6.45, 7) is 4.99. The van der Waals surface area contributed by atoms with Crippen molar-refractivity contribution in [1.82, 2.24) is 9.97 Å². The van der Waals surface area contributed by atoms with E-state index in [4.69, 9.17) is 4.74 Å². The number of hydrogen-bond donors (Lipinski definition) is 1. The lowest BCUT2D eigenvalue weighted by Crippen LogP contribution is -1.97. The Kier molecular flexibility index (Phi) is 7.62. The number of aromatic hydroxyl groups is 1. The standard InChI is InChI=1S/C25H30N2O2/c1-3-5-7-8-19-9-11-20(12-10-19)21-17-26-25(27-18-21)23-14-13-22(16-24(23)28)29-15-6-4-2/h9-14,16-18,28H,3-8,15H2,1-2H3. The molecule has 0 aliphatic carbocycles. The van der Waals surface area contributed by atoms with Crippen LogP contribution in [0.2, 0.25) is 0 Å². The first-order valence-electron chi connectivity index (χ1n) is 10.6. The summed E-state index contributed by atoms with van der Waals surface area (Å²) in [7, 11) is 0. The number of benzene rings is 2. The van der Waals surface area contributed by atoms with Gasteiger partial charge < -0.3 is 9.84 Å². The van der Waals surface area contributed by atoms with Gasteiger partial charge in [-0.1, -0.05) is 57.4 Å². The van der Waals surface area contributed by atoms with Crippen LogP contribution >= 0.6 is 0 Å². The van der Waals surface area contributed by atoms with Crippen molar-refractivity contribution in [3.63, 3.8) is 0 Å². The van der Waals surface area contributed by atoms with E-state index in [9.17, 15) is 5.11 Å². The number of ether oxygens (including phenoxy) is 1. The number of phenolic OH excluding ortho intramolecular Hbond substituents is 1. The molecule has 0 spiro atoms.